The van der Waals surface area contributed by atoms with E-state index in [9.17, 15) is 4.79 Å². The molecule has 2 aromatic heterocycles. The number of rotatable bonds is 4. The van der Waals surface area contributed by atoms with Gasteiger partial charge in [0.15, 0.2) is 5.13 Å². The van der Waals surface area contributed by atoms with Crippen LogP contribution in [0.3, 0.4) is 0 Å². The van der Waals surface area contributed by atoms with Crippen LogP contribution in [0, 0.1) is 6.92 Å². The third-order valence-electron chi connectivity index (χ3n) is 2.51. The summed E-state index contributed by atoms with van der Waals surface area (Å²) in [5.74, 6) is -0.288. The maximum atomic E-state index is 12.0. The van der Waals surface area contributed by atoms with Crippen molar-refractivity contribution >= 4 is 44.5 Å². The van der Waals surface area contributed by atoms with Crippen molar-refractivity contribution in [1.82, 2.24) is 15.2 Å². The number of thiazole rings is 1. The van der Waals surface area contributed by atoms with Gasteiger partial charge >= 0.3 is 0 Å². The van der Waals surface area contributed by atoms with E-state index < -0.39 is 0 Å². The lowest BCUT2D eigenvalue weighted by atomic mass is 10.3. The third kappa shape index (κ3) is 3.41. The van der Waals surface area contributed by atoms with Crippen LogP contribution in [-0.2, 0) is 0 Å². The average molecular weight is 317 g/mol. The van der Waals surface area contributed by atoms with Crippen LogP contribution in [0.25, 0.3) is 0 Å². The lowest BCUT2D eigenvalue weighted by molar-refractivity contribution is 0.102. The number of carbonyl (C=O) groups excluding carboxylic acids is 1. The second-order valence-electron chi connectivity index (χ2n) is 4.11. The van der Waals surface area contributed by atoms with Gasteiger partial charge in [-0.15, -0.1) is 21.5 Å². The molecule has 106 valence electrons. The number of nitrogens with one attached hydrogen (secondary N) is 2. The molecule has 2 heterocycles. The number of aryl methyl sites for hydroxylation is 1. The number of anilines is 3. The molecule has 6 nitrogen and oxygen atoms in total. The SMILES string of the molecule is Cc1nnc(NC(=O)c2csc(Nc3ccccc3)n2)s1. The number of para-hydroxylation sites is 1. The summed E-state index contributed by atoms with van der Waals surface area (Å²) < 4.78 is 0. The minimum Gasteiger partial charge on any atom is -0.332 e. The van der Waals surface area contributed by atoms with Gasteiger partial charge in [-0.1, -0.05) is 29.5 Å². The second-order valence-corrected chi connectivity index (χ2v) is 6.15. The third-order valence-corrected chi connectivity index (χ3v) is 4.02. The smallest absolute Gasteiger partial charge is 0.277 e. The molecule has 21 heavy (non-hydrogen) atoms. The van der Waals surface area contributed by atoms with Gasteiger partial charge in [0.25, 0.3) is 5.91 Å². The van der Waals surface area contributed by atoms with E-state index in [1.807, 2.05) is 37.3 Å². The first-order valence-corrected chi connectivity index (χ1v) is 7.79. The molecule has 3 aromatic rings. The predicted octanol–water partition coefficient (Wildman–Crippen LogP) is 3.30. The molecule has 0 aliphatic heterocycles. The topological polar surface area (TPSA) is 79.8 Å². The van der Waals surface area contributed by atoms with Crippen LogP contribution in [0.4, 0.5) is 16.0 Å². The molecule has 0 fully saturated rings. The Morgan fingerprint density at radius 3 is 2.67 bits per heavy atom. The summed E-state index contributed by atoms with van der Waals surface area (Å²) in [6.45, 7) is 1.83. The fraction of sp³-hybridized carbons (Fsp3) is 0.0769. The number of hydrogen-bond donors (Lipinski definition) is 2. The highest BCUT2D eigenvalue weighted by Crippen LogP contribution is 2.21. The highest BCUT2D eigenvalue weighted by atomic mass is 32.1. The van der Waals surface area contributed by atoms with Crippen molar-refractivity contribution in [2.75, 3.05) is 10.6 Å². The Hall–Kier alpha value is -2.32. The number of carbonyl (C=O) groups is 1. The summed E-state index contributed by atoms with van der Waals surface area (Å²) in [5, 5.41) is 17.2. The Balaban J connectivity index is 1.68. The molecule has 0 unspecified atom stereocenters. The molecule has 3 rings (SSSR count). The minimum absolute atomic E-state index is 0.288. The minimum atomic E-state index is -0.288. The van der Waals surface area contributed by atoms with E-state index >= 15 is 0 Å². The number of aromatic nitrogens is 3. The van der Waals surface area contributed by atoms with Crippen LogP contribution < -0.4 is 10.6 Å². The van der Waals surface area contributed by atoms with E-state index in [0.29, 0.717) is 16.0 Å². The summed E-state index contributed by atoms with van der Waals surface area (Å²) >= 11 is 2.70. The van der Waals surface area contributed by atoms with Crippen LogP contribution in [0.1, 0.15) is 15.5 Å². The fourth-order valence-electron chi connectivity index (χ4n) is 1.59. The maximum absolute atomic E-state index is 12.0. The Morgan fingerprint density at radius 2 is 1.95 bits per heavy atom. The number of amides is 1. The number of nitrogens with zero attached hydrogens (tertiary/aromatic N) is 3. The van der Waals surface area contributed by atoms with E-state index in [-0.39, 0.29) is 5.91 Å². The van der Waals surface area contributed by atoms with Crippen molar-refractivity contribution in [1.29, 1.82) is 0 Å². The number of hydrogen-bond acceptors (Lipinski definition) is 7. The van der Waals surface area contributed by atoms with E-state index in [0.717, 1.165) is 10.7 Å². The first-order valence-electron chi connectivity index (χ1n) is 6.10. The summed E-state index contributed by atoms with van der Waals surface area (Å²) in [7, 11) is 0. The van der Waals surface area contributed by atoms with E-state index in [1.165, 1.54) is 22.7 Å². The molecule has 1 aromatic carbocycles. The molecule has 8 heteroatoms. The van der Waals surface area contributed by atoms with Crippen molar-refractivity contribution in [2.24, 2.45) is 0 Å². The highest BCUT2D eigenvalue weighted by molar-refractivity contribution is 7.15. The van der Waals surface area contributed by atoms with Crippen molar-refractivity contribution < 1.29 is 4.79 Å². The summed E-state index contributed by atoms with van der Waals surface area (Å²) in [6.07, 6.45) is 0. The monoisotopic (exact) mass is 317 g/mol. The maximum Gasteiger partial charge on any atom is 0.277 e. The molecule has 0 bridgehead atoms. The second kappa shape index (κ2) is 5.98. The Kier molecular flexibility index (Phi) is 3.89. The Labute approximate surface area is 128 Å². The Morgan fingerprint density at radius 1 is 1.14 bits per heavy atom. The van der Waals surface area contributed by atoms with Crippen molar-refractivity contribution in [2.45, 2.75) is 6.92 Å². The molecule has 0 saturated carbocycles. The van der Waals surface area contributed by atoms with E-state index in [4.69, 9.17) is 0 Å². The van der Waals surface area contributed by atoms with Gasteiger partial charge in [-0.3, -0.25) is 10.1 Å². The molecule has 0 atom stereocenters. The van der Waals surface area contributed by atoms with Crippen LogP contribution >= 0.6 is 22.7 Å². The molecule has 1 amide bonds. The molecular formula is C13H11N5OS2. The Bertz CT molecular complexity index is 753. The van der Waals surface area contributed by atoms with Crippen LogP contribution in [0.15, 0.2) is 35.7 Å². The molecule has 0 aliphatic carbocycles. The first-order chi connectivity index (χ1) is 10.2. The molecule has 0 saturated heterocycles. The number of benzene rings is 1. The standard InChI is InChI=1S/C13H11N5OS2/c1-8-17-18-13(21-8)16-11(19)10-7-20-12(15-10)14-9-5-3-2-4-6-9/h2-7H,1H3,(H,14,15)(H,16,18,19). The van der Waals surface area contributed by atoms with Crippen LogP contribution in [0.5, 0.6) is 0 Å². The normalized spacial score (nSPS) is 10.3. The van der Waals surface area contributed by atoms with Gasteiger partial charge in [-0.2, -0.15) is 0 Å². The zero-order valence-electron chi connectivity index (χ0n) is 11.0. The molecular weight excluding hydrogens is 306 g/mol. The van der Waals surface area contributed by atoms with Crippen molar-refractivity contribution in [3.8, 4) is 0 Å². The molecule has 0 radical (unpaired) electrons. The average Bonchev–Trinajstić information content (AvgIpc) is 3.09. The first kappa shape index (κ1) is 13.7. The molecule has 0 spiro atoms. The summed E-state index contributed by atoms with van der Waals surface area (Å²) in [6, 6.07) is 9.68. The zero-order chi connectivity index (χ0) is 14.7. The van der Waals surface area contributed by atoms with Gasteiger partial charge in [-0.05, 0) is 19.1 Å². The van der Waals surface area contributed by atoms with Gasteiger partial charge in [-0.25, -0.2) is 4.98 Å². The van der Waals surface area contributed by atoms with Gasteiger partial charge in [0.2, 0.25) is 5.13 Å². The molecule has 0 aliphatic rings. The quantitative estimate of drug-likeness (QED) is 0.772. The lowest BCUT2D eigenvalue weighted by Gasteiger charge is -2.00. The van der Waals surface area contributed by atoms with Gasteiger partial charge in [0.1, 0.15) is 10.7 Å². The van der Waals surface area contributed by atoms with Crippen molar-refractivity contribution in [3.05, 3.63) is 46.4 Å². The van der Waals surface area contributed by atoms with Gasteiger partial charge < -0.3 is 5.32 Å². The van der Waals surface area contributed by atoms with Crippen LogP contribution in [0.2, 0.25) is 0 Å². The van der Waals surface area contributed by atoms with Gasteiger partial charge in [0, 0.05) is 11.1 Å². The summed E-state index contributed by atoms with van der Waals surface area (Å²) in [4.78, 5) is 16.3. The highest BCUT2D eigenvalue weighted by Gasteiger charge is 2.13. The fourth-order valence-corrected chi connectivity index (χ4v) is 2.89. The van der Waals surface area contributed by atoms with E-state index in [2.05, 4.69) is 25.8 Å². The predicted molar refractivity (Wildman–Crippen MR) is 84.4 cm³/mol. The zero-order valence-corrected chi connectivity index (χ0v) is 12.7. The van der Waals surface area contributed by atoms with Crippen molar-refractivity contribution in [3.63, 3.8) is 0 Å². The van der Waals surface area contributed by atoms with E-state index in [1.54, 1.807) is 5.38 Å². The van der Waals surface area contributed by atoms with Crippen LogP contribution in [-0.4, -0.2) is 21.1 Å². The van der Waals surface area contributed by atoms with Gasteiger partial charge in [0.05, 0.1) is 0 Å². The molecule has 2 N–H and O–H groups in total. The largest absolute Gasteiger partial charge is 0.332 e. The summed E-state index contributed by atoms with van der Waals surface area (Å²) in [5.41, 5.74) is 1.28. The lowest BCUT2D eigenvalue weighted by Crippen LogP contribution is -2.12.